The molecule has 4 rings (SSSR count). The van der Waals surface area contributed by atoms with Gasteiger partial charge in [0.25, 0.3) is 5.91 Å². The average molecular weight is 463 g/mol. The lowest BCUT2D eigenvalue weighted by molar-refractivity contribution is 0.0487. The zero-order chi connectivity index (χ0) is 22.4. The van der Waals surface area contributed by atoms with Crippen LogP contribution in [0.4, 0.5) is 0 Å². The third kappa shape index (κ3) is 4.99. The van der Waals surface area contributed by atoms with Crippen molar-refractivity contribution in [3.05, 3.63) is 94.5 Å². The molecule has 0 saturated carbocycles. The number of hydrogen-bond acceptors (Lipinski definition) is 4. The molecule has 1 N–H and O–H groups in total. The molecule has 0 bridgehead atoms. The summed E-state index contributed by atoms with van der Waals surface area (Å²) in [5.74, 6) is -0.123. The van der Waals surface area contributed by atoms with Crippen LogP contribution in [0.1, 0.15) is 34.3 Å². The van der Waals surface area contributed by atoms with E-state index in [1.807, 2.05) is 66.7 Å². The Morgan fingerprint density at radius 1 is 1.00 bits per heavy atom. The summed E-state index contributed by atoms with van der Waals surface area (Å²) in [5, 5.41) is 13.3. The fraction of sp³-hybridized carbons (Fsp3) is 0.231. The molecule has 0 aromatic heterocycles. The second-order valence-electron chi connectivity index (χ2n) is 7.79. The highest BCUT2D eigenvalue weighted by Gasteiger charge is 2.35. The summed E-state index contributed by atoms with van der Waals surface area (Å²) in [4.78, 5) is 14.9. The van der Waals surface area contributed by atoms with Crippen molar-refractivity contribution in [2.45, 2.75) is 28.0 Å². The lowest BCUT2D eigenvalue weighted by atomic mass is 9.74. The maximum Gasteiger partial charge on any atom is 0.252 e. The van der Waals surface area contributed by atoms with Crippen molar-refractivity contribution >= 4 is 29.3 Å². The number of rotatable bonds is 6. The molecule has 3 aromatic rings. The predicted octanol–water partition coefficient (Wildman–Crippen LogP) is 5.84. The molecule has 3 aromatic carbocycles. The number of nitriles is 1. The van der Waals surface area contributed by atoms with Gasteiger partial charge in [-0.05, 0) is 54.8 Å². The van der Waals surface area contributed by atoms with Crippen molar-refractivity contribution in [2.24, 2.45) is 0 Å². The molecule has 1 amide bonds. The second kappa shape index (κ2) is 10.2. The van der Waals surface area contributed by atoms with Crippen LogP contribution in [0.25, 0.3) is 0 Å². The SMILES string of the molecule is N#Cc1ccccc1Sc1ccccc1C(=O)NCC1(c2ccc(Cl)cc2)CCOCC1. The molecule has 1 heterocycles. The van der Waals surface area contributed by atoms with E-state index in [1.165, 1.54) is 11.8 Å². The first-order chi connectivity index (χ1) is 15.6. The van der Waals surface area contributed by atoms with Crippen LogP contribution in [0.15, 0.2) is 82.6 Å². The maximum atomic E-state index is 13.2. The Hall–Kier alpha value is -2.78. The molecule has 4 nitrogen and oxygen atoms in total. The molecule has 0 unspecified atom stereocenters. The van der Waals surface area contributed by atoms with Crippen LogP contribution in [-0.2, 0) is 10.2 Å². The number of benzene rings is 3. The van der Waals surface area contributed by atoms with Crippen LogP contribution < -0.4 is 5.32 Å². The first-order valence-corrected chi connectivity index (χ1v) is 11.7. The van der Waals surface area contributed by atoms with E-state index in [0.29, 0.717) is 35.9 Å². The number of amides is 1. The number of carbonyl (C=O) groups is 1. The monoisotopic (exact) mass is 462 g/mol. The topological polar surface area (TPSA) is 62.1 Å². The van der Waals surface area contributed by atoms with Gasteiger partial charge in [0.2, 0.25) is 0 Å². The van der Waals surface area contributed by atoms with Crippen LogP contribution in [0, 0.1) is 11.3 Å². The second-order valence-corrected chi connectivity index (χ2v) is 9.31. The van der Waals surface area contributed by atoms with Crippen LogP contribution in [-0.4, -0.2) is 25.7 Å². The summed E-state index contributed by atoms with van der Waals surface area (Å²) >= 11 is 7.53. The van der Waals surface area contributed by atoms with E-state index < -0.39 is 0 Å². The Bertz CT molecular complexity index is 1140. The Kier molecular flexibility index (Phi) is 7.16. The van der Waals surface area contributed by atoms with Gasteiger partial charge in [-0.15, -0.1) is 0 Å². The van der Waals surface area contributed by atoms with Gasteiger partial charge in [0.05, 0.1) is 11.1 Å². The molecule has 1 saturated heterocycles. The van der Waals surface area contributed by atoms with Crippen molar-refractivity contribution in [3.63, 3.8) is 0 Å². The highest BCUT2D eigenvalue weighted by molar-refractivity contribution is 7.99. The minimum atomic E-state index is -0.187. The lowest BCUT2D eigenvalue weighted by Gasteiger charge is -2.38. The van der Waals surface area contributed by atoms with E-state index in [-0.39, 0.29) is 11.3 Å². The van der Waals surface area contributed by atoms with Gasteiger partial charge in [0, 0.05) is 40.0 Å². The summed E-state index contributed by atoms with van der Waals surface area (Å²) in [6, 6.07) is 25.0. The highest BCUT2D eigenvalue weighted by atomic mass is 35.5. The Morgan fingerprint density at radius 2 is 1.66 bits per heavy atom. The van der Waals surface area contributed by atoms with E-state index >= 15 is 0 Å². The van der Waals surface area contributed by atoms with Crippen LogP contribution in [0.5, 0.6) is 0 Å². The minimum Gasteiger partial charge on any atom is -0.381 e. The van der Waals surface area contributed by atoms with Crippen LogP contribution >= 0.6 is 23.4 Å². The van der Waals surface area contributed by atoms with Gasteiger partial charge in [-0.25, -0.2) is 0 Å². The number of halogens is 1. The Labute approximate surface area is 197 Å². The number of carbonyl (C=O) groups excluding carboxylic acids is 1. The molecule has 6 heteroatoms. The van der Waals surface area contributed by atoms with Gasteiger partial charge in [-0.1, -0.05) is 59.8 Å². The van der Waals surface area contributed by atoms with E-state index in [2.05, 4.69) is 11.4 Å². The summed E-state index contributed by atoms with van der Waals surface area (Å²) < 4.78 is 5.60. The molecule has 1 fully saturated rings. The van der Waals surface area contributed by atoms with Crippen molar-refractivity contribution in [3.8, 4) is 6.07 Å². The van der Waals surface area contributed by atoms with E-state index in [4.69, 9.17) is 16.3 Å². The summed E-state index contributed by atoms with van der Waals surface area (Å²) in [6.07, 6.45) is 1.67. The molecule has 0 aliphatic carbocycles. The summed E-state index contributed by atoms with van der Waals surface area (Å²) in [6.45, 7) is 1.84. The van der Waals surface area contributed by atoms with Crippen molar-refractivity contribution in [1.82, 2.24) is 5.32 Å². The standard InChI is InChI=1S/C26H23ClN2O2S/c27-21-11-9-20(10-12-21)26(13-15-31-16-14-26)18-29-25(30)22-6-2-4-8-24(22)32-23-7-3-1-5-19(23)17-28/h1-12H,13-16,18H2,(H,29,30). The van der Waals surface area contributed by atoms with Gasteiger partial charge in [-0.3, -0.25) is 4.79 Å². The van der Waals surface area contributed by atoms with Crippen molar-refractivity contribution in [2.75, 3.05) is 19.8 Å². The maximum absolute atomic E-state index is 13.2. The van der Waals surface area contributed by atoms with E-state index in [1.54, 1.807) is 6.07 Å². The van der Waals surface area contributed by atoms with Crippen molar-refractivity contribution < 1.29 is 9.53 Å². The predicted molar refractivity (Wildman–Crippen MR) is 127 cm³/mol. The number of ether oxygens (including phenoxy) is 1. The molecule has 0 spiro atoms. The molecule has 32 heavy (non-hydrogen) atoms. The van der Waals surface area contributed by atoms with Gasteiger partial charge in [0.1, 0.15) is 6.07 Å². The van der Waals surface area contributed by atoms with E-state index in [0.717, 1.165) is 28.2 Å². The summed E-state index contributed by atoms with van der Waals surface area (Å²) in [7, 11) is 0. The van der Waals surface area contributed by atoms with Crippen molar-refractivity contribution in [1.29, 1.82) is 5.26 Å². The molecule has 162 valence electrons. The normalized spacial score (nSPS) is 15.0. The third-order valence-corrected chi connectivity index (χ3v) is 7.26. The zero-order valence-electron chi connectivity index (χ0n) is 17.5. The average Bonchev–Trinajstić information content (AvgIpc) is 2.84. The van der Waals surface area contributed by atoms with Crippen LogP contribution in [0.3, 0.4) is 0 Å². The molecule has 1 aliphatic rings. The van der Waals surface area contributed by atoms with Crippen LogP contribution in [0.2, 0.25) is 5.02 Å². The molecule has 0 atom stereocenters. The summed E-state index contributed by atoms with van der Waals surface area (Å²) in [5.41, 5.74) is 2.17. The number of nitrogens with one attached hydrogen (secondary N) is 1. The van der Waals surface area contributed by atoms with Gasteiger partial charge >= 0.3 is 0 Å². The van der Waals surface area contributed by atoms with E-state index in [9.17, 15) is 10.1 Å². The van der Waals surface area contributed by atoms with Gasteiger partial charge in [0.15, 0.2) is 0 Å². The molecule has 1 aliphatic heterocycles. The van der Waals surface area contributed by atoms with Gasteiger partial charge in [-0.2, -0.15) is 5.26 Å². The first-order valence-electron chi connectivity index (χ1n) is 10.5. The molecule has 0 radical (unpaired) electrons. The smallest absolute Gasteiger partial charge is 0.252 e. The fourth-order valence-corrected chi connectivity index (χ4v) is 5.14. The minimum absolute atomic E-state index is 0.123. The Balaban J connectivity index is 1.55. The lowest BCUT2D eigenvalue weighted by Crippen LogP contribution is -2.44. The fourth-order valence-electron chi connectivity index (χ4n) is 3.99. The number of hydrogen-bond donors (Lipinski definition) is 1. The Morgan fingerprint density at radius 3 is 2.38 bits per heavy atom. The molecular formula is C26H23ClN2O2S. The largest absolute Gasteiger partial charge is 0.381 e. The highest BCUT2D eigenvalue weighted by Crippen LogP contribution is 2.36. The zero-order valence-corrected chi connectivity index (χ0v) is 19.1. The van der Waals surface area contributed by atoms with Gasteiger partial charge < -0.3 is 10.1 Å². The molecular weight excluding hydrogens is 440 g/mol. The third-order valence-electron chi connectivity index (χ3n) is 5.85. The first kappa shape index (κ1) is 22.4. The quantitative estimate of drug-likeness (QED) is 0.499. The number of nitrogens with zero attached hydrogens (tertiary/aromatic N) is 1.